The van der Waals surface area contributed by atoms with E-state index in [1.165, 1.54) is 11.1 Å². The van der Waals surface area contributed by atoms with Crippen molar-refractivity contribution in [3.8, 4) is 5.75 Å². The number of carbonyl (C=O) groups excluding carboxylic acids is 1. The van der Waals surface area contributed by atoms with Gasteiger partial charge in [0.15, 0.2) is 0 Å². The second-order valence-electron chi connectivity index (χ2n) is 9.09. The number of benzene rings is 2. The molecule has 8 nitrogen and oxygen atoms in total. The van der Waals surface area contributed by atoms with E-state index in [1.54, 1.807) is 4.57 Å². The summed E-state index contributed by atoms with van der Waals surface area (Å²) in [5, 5.41) is 6.92. The molecule has 0 spiro atoms. The van der Waals surface area contributed by atoms with Crippen LogP contribution >= 0.6 is 0 Å². The molecule has 1 atom stereocenters. The average molecular weight is 474 g/mol. The molecule has 0 aliphatic carbocycles. The lowest BCUT2D eigenvalue weighted by Gasteiger charge is -2.27. The third-order valence-corrected chi connectivity index (χ3v) is 6.69. The van der Waals surface area contributed by atoms with Gasteiger partial charge in [0.05, 0.1) is 18.8 Å². The lowest BCUT2D eigenvalue weighted by atomic mass is 9.98. The Labute approximate surface area is 203 Å². The van der Waals surface area contributed by atoms with Gasteiger partial charge in [-0.15, -0.1) is 0 Å². The van der Waals surface area contributed by atoms with Gasteiger partial charge in [-0.25, -0.2) is 4.99 Å². The number of aromatic amines is 1. The minimum absolute atomic E-state index is 0.0859. The first kappa shape index (κ1) is 23.1. The standard InChI is InChI=1S/C27H31N5O3/c1-18-26(34)31-27-29-22-11-8-12-23(21(22)17-32(18)27)35-16-7-3-2-4-13-24(33)30-25-20-10-6-5-9-19(20)14-15-28-25/h5-6,8-12,25,28H,1-4,7,13-17H2,(H,30,33)(H,29,31,34). The average Bonchev–Trinajstić information content (AvgIpc) is 3.14. The van der Waals surface area contributed by atoms with Crippen molar-refractivity contribution in [2.24, 2.45) is 4.99 Å². The van der Waals surface area contributed by atoms with Crippen LogP contribution in [-0.2, 0) is 17.8 Å². The number of H-pyrrole nitrogens is 1. The SMILES string of the molecule is C=c1c(=O)[nH]c2n1Cc1c(cccc1OCCCCCCC(=O)NC1NCCc3ccccc31)N=2. The van der Waals surface area contributed by atoms with Crippen LogP contribution in [0, 0.1) is 0 Å². The molecule has 182 valence electrons. The van der Waals surface area contributed by atoms with Gasteiger partial charge in [0.2, 0.25) is 11.5 Å². The fourth-order valence-corrected chi connectivity index (χ4v) is 4.77. The minimum atomic E-state index is -0.215. The Kier molecular flexibility index (Phi) is 6.81. The first-order chi connectivity index (χ1) is 17.1. The number of nitrogens with zero attached hydrogens (tertiary/aromatic N) is 2. The fourth-order valence-electron chi connectivity index (χ4n) is 4.77. The van der Waals surface area contributed by atoms with Crippen LogP contribution in [0.25, 0.3) is 6.58 Å². The summed E-state index contributed by atoms with van der Waals surface area (Å²) in [5.41, 5.74) is 4.56. The number of fused-ring (bicyclic) bond motifs is 3. The summed E-state index contributed by atoms with van der Waals surface area (Å²) in [6, 6.07) is 14.1. The molecule has 1 aromatic heterocycles. The Bertz CT molecular complexity index is 1390. The third-order valence-electron chi connectivity index (χ3n) is 6.69. The molecule has 5 rings (SSSR count). The molecular weight excluding hydrogens is 442 g/mol. The highest BCUT2D eigenvalue weighted by Crippen LogP contribution is 2.30. The number of ether oxygens (including phenoxy) is 1. The van der Waals surface area contributed by atoms with Gasteiger partial charge in [-0.1, -0.05) is 49.8 Å². The van der Waals surface area contributed by atoms with Crippen LogP contribution in [-0.4, -0.2) is 28.6 Å². The lowest BCUT2D eigenvalue weighted by molar-refractivity contribution is -0.122. The molecule has 0 radical (unpaired) electrons. The van der Waals surface area contributed by atoms with E-state index < -0.39 is 0 Å². The van der Waals surface area contributed by atoms with Crippen LogP contribution in [0.2, 0.25) is 0 Å². The van der Waals surface area contributed by atoms with E-state index in [1.807, 2.05) is 30.3 Å². The summed E-state index contributed by atoms with van der Waals surface area (Å²) in [4.78, 5) is 31.6. The topological polar surface area (TPSA) is 101 Å². The maximum atomic E-state index is 12.4. The van der Waals surface area contributed by atoms with Crippen LogP contribution < -0.4 is 31.9 Å². The summed E-state index contributed by atoms with van der Waals surface area (Å²) in [6.45, 7) is 5.83. The number of amides is 1. The molecule has 3 aromatic rings. The number of carbonyl (C=O) groups is 1. The van der Waals surface area contributed by atoms with Crippen LogP contribution in [0.15, 0.2) is 52.3 Å². The zero-order chi connectivity index (χ0) is 24.2. The molecule has 1 unspecified atom stereocenters. The molecule has 0 bridgehead atoms. The molecule has 0 fully saturated rings. The van der Waals surface area contributed by atoms with Crippen molar-refractivity contribution in [3.63, 3.8) is 0 Å². The number of imidazole rings is 1. The number of unbranched alkanes of at least 4 members (excludes halogenated alkanes) is 3. The van der Waals surface area contributed by atoms with E-state index in [2.05, 4.69) is 39.3 Å². The van der Waals surface area contributed by atoms with Gasteiger partial charge in [0.1, 0.15) is 17.3 Å². The Hall–Kier alpha value is -3.65. The van der Waals surface area contributed by atoms with E-state index in [9.17, 15) is 9.59 Å². The van der Waals surface area contributed by atoms with Crippen molar-refractivity contribution in [2.45, 2.75) is 51.2 Å². The number of nitrogens with one attached hydrogen (secondary N) is 3. The van der Waals surface area contributed by atoms with Crippen LogP contribution in [0.1, 0.15) is 55.0 Å². The van der Waals surface area contributed by atoms with Crippen LogP contribution in [0.4, 0.5) is 5.69 Å². The molecule has 3 N–H and O–H groups in total. The zero-order valence-electron chi connectivity index (χ0n) is 19.8. The van der Waals surface area contributed by atoms with E-state index in [0.717, 1.165) is 55.6 Å². The Morgan fingerprint density at radius 1 is 1.14 bits per heavy atom. The smallest absolute Gasteiger partial charge is 0.274 e. The molecule has 1 amide bonds. The molecule has 2 aromatic carbocycles. The van der Waals surface area contributed by atoms with Gasteiger partial charge in [-0.05, 0) is 42.5 Å². The van der Waals surface area contributed by atoms with Gasteiger partial charge in [-0.2, -0.15) is 0 Å². The van der Waals surface area contributed by atoms with Gasteiger partial charge in [0, 0.05) is 18.5 Å². The molecule has 0 saturated carbocycles. The van der Waals surface area contributed by atoms with Gasteiger partial charge in [-0.3, -0.25) is 19.9 Å². The summed E-state index contributed by atoms with van der Waals surface area (Å²) in [6.07, 6.45) is 5.17. The Morgan fingerprint density at radius 2 is 2.00 bits per heavy atom. The van der Waals surface area contributed by atoms with E-state index in [4.69, 9.17) is 4.74 Å². The van der Waals surface area contributed by atoms with E-state index in [-0.39, 0.29) is 17.6 Å². The number of rotatable bonds is 9. The molecule has 3 heterocycles. The predicted molar refractivity (Wildman–Crippen MR) is 134 cm³/mol. The second-order valence-corrected chi connectivity index (χ2v) is 9.09. The Morgan fingerprint density at radius 3 is 2.91 bits per heavy atom. The second kappa shape index (κ2) is 10.3. The van der Waals surface area contributed by atoms with Crippen molar-refractivity contribution >= 4 is 18.2 Å². The first-order valence-corrected chi connectivity index (χ1v) is 12.3. The van der Waals surface area contributed by atoms with E-state index in [0.29, 0.717) is 30.5 Å². The van der Waals surface area contributed by atoms with Crippen molar-refractivity contribution < 1.29 is 9.53 Å². The summed E-state index contributed by atoms with van der Waals surface area (Å²) < 4.78 is 7.84. The fraction of sp³-hybridized carbons (Fsp3) is 0.370. The molecule has 2 aliphatic heterocycles. The quantitative estimate of drug-likeness (QED) is 0.325. The summed E-state index contributed by atoms with van der Waals surface area (Å²) in [7, 11) is 0. The minimum Gasteiger partial charge on any atom is -0.493 e. The largest absolute Gasteiger partial charge is 0.493 e. The summed E-state index contributed by atoms with van der Waals surface area (Å²) >= 11 is 0. The highest BCUT2D eigenvalue weighted by Gasteiger charge is 2.20. The van der Waals surface area contributed by atoms with Gasteiger partial charge < -0.3 is 14.6 Å². The van der Waals surface area contributed by atoms with Gasteiger partial charge >= 0.3 is 0 Å². The number of hydrogen-bond donors (Lipinski definition) is 3. The molecule has 2 aliphatic rings. The van der Waals surface area contributed by atoms with Crippen molar-refractivity contribution in [1.82, 2.24) is 20.2 Å². The first-order valence-electron chi connectivity index (χ1n) is 12.3. The summed E-state index contributed by atoms with van der Waals surface area (Å²) in [5.74, 6) is 0.875. The highest BCUT2D eigenvalue weighted by atomic mass is 16.5. The van der Waals surface area contributed by atoms with E-state index >= 15 is 0 Å². The number of aromatic nitrogens is 2. The Balaban J connectivity index is 1.04. The zero-order valence-corrected chi connectivity index (χ0v) is 19.8. The normalized spacial score (nSPS) is 15.9. The maximum absolute atomic E-state index is 12.4. The maximum Gasteiger partial charge on any atom is 0.274 e. The molecule has 8 heteroatoms. The predicted octanol–water partition coefficient (Wildman–Crippen LogP) is 2.19. The molecule has 35 heavy (non-hydrogen) atoms. The number of hydrogen-bond acceptors (Lipinski definition) is 5. The monoisotopic (exact) mass is 473 g/mol. The highest BCUT2D eigenvalue weighted by molar-refractivity contribution is 5.76. The lowest BCUT2D eigenvalue weighted by Crippen LogP contribution is -2.42. The van der Waals surface area contributed by atoms with Crippen molar-refractivity contribution in [3.05, 3.63) is 80.5 Å². The van der Waals surface area contributed by atoms with Crippen molar-refractivity contribution in [1.29, 1.82) is 0 Å². The molecule has 0 saturated heterocycles. The van der Waals surface area contributed by atoms with Crippen LogP contribution in [0.3, 0.4) is 0 Å². The third kappa shape index (κ3) is 5.07. The van der Waals surface area contributed by atoms with Crippen LogP contribution in [0.5, 0.6) is 5.75 Å². The van der Waals surface area contributed by atoms with Gasteiger partial charge in [0.25, 0.3) is 5.56 Å². The van der Waals surface area contributed by atoms with Crippen molar-refractivity contribution in [2.75, 3.05) is 13.2 Å². The molecular formula is C27H31N5O3.